The Morgan fingerprint density at radius 3 is 1.75 bits per heavy atom. The average molecular weight is 119 g/mol. The molecule has 2 nitrogen and oxygen atoms in total. The molecule has 0 aliphatic heterocycles. The molecule has 52 valence electrons. The molecule has 0 saturated heterocycles. The quantitative estimate of drug-likeness (QED) is 0.558. The molecule has 0 aromatic heterocycles. The van der Waals surface area contributed by atoms with E-state index in [0.29, 0.717) is 6.61 Å². The first-order valence-corrected chi connectivity index (χ1v) is 3.02. The SMILES string of the molecule is CCCCO.CNC. The lowest BCUT2D eigenvalue weighted by atomic mass is 10.4. The number of unbranched alkanes of at least 4 members (excludes halogenated alkanes) is 1. The van der Waals surface area contributed by atoms with Crippen LogP contribution in [0.5, 0.6) is 0 Å². The van der Waals surface area contributed by atoms with Crippen LogP contribution in [0.3, 0.4) is 0 Å². The van der Waals surface area contributed by atoms with E-state index >= 15 is 0 Å². The second kappa shape index (κ2) is 15.8. The number of aliphatic hydroxyl groups excluding tert-OH is 1. The van der Waals surface area contributed by atoms with Gasteiger partial charge >= 0.3 is 0 Å². The van der Waals surface area contributed by atoms with E-state index in [9.17, 15) is 0 Å². The zero-order valence-corrected chi connectivity index (χ0v) is 6.07. The topological polar surface area (TPSA) is 32.3 Å². The molecule has 0 rings (SSSR count). The second-order valence-corrected chi connectivity index (χ2v) is 1.58. The fraction of sp³-hybridized carbons (Fsp3) is 1.00. The van der Waals surface area contributed by atoms with Crippen molar-refractivity contribution in [2.75, 3.05) is 20.7 Å². The number of nitrogens with one attached hydrogen (secondary N) is 1. The third kappa shape index (κ3) is 38.9. The zero-order chi connectivity index (χ0) is 6.83. The fourth-order valence-electron chi connectivity index (χ4n) is 0.158. The second-order valence-electron chi connectivity index (χ2n) is 1.58. The molecule has 8 heavy (non-hydrogen) atoms. The molecular weight excluding hydrogens is 102 g/mol. The molecule has 0 aromatic carbocycles. The molecule has 0 aliphatic rings. The molecule has 0 heterocycles. The molecule has 0 bridgehead atoms. The highest BCUT2D eigenvalue weighted by molar-refractivity contribution is 4.23. The highest BCUT2D eigenvalue weighted by Gasteiger charge is 1.69. The van der Waals surface area contributed by atoms with Crippen LogP contribution in [0.4, 0.5) is 0 Å². The van der Waals surface area contributed by atoms with Crippen LogP contribution < -0.4 is 5.32 Å². The summed E-state index contributed by atoms with van der Waals surface area (Å²) >= 11 is 0. The normalized spacial score (nSPS) is 7.50. The minimum Gasteiger partial charge on any atom is -0.396 e. The van der Waals surface area contributed by atoms with Crippen molar-refractivity contribution >= 4 is 0 Å². The van der Waals surface area contributed by atoms with Crippen molar-refractivity contribution in [3.63, 3.8) is 0 Å². The van der Waals surface area contributed by atoms with Crippen molar-refractivity contribution in [1.29, 1.82) is 0 Å². The highest BCUT2D eigenvalue weighted by atomic mass is 16.2. The van der Waals surface area contributed by atoms with Gasteiger partial charge in [-0.15, -0.1) is 0 Å². The van der Waals surface area contributed by atoms with Crippen LogP contribution in [0.15, 0.2) is 0 Å². The summed E-state index contributed by atoms with van der Waals surface area (Å²) in [6, 6.07) is 0. The van der Waals surface area contributed by atoms with Crippen LogP contribution in [-0.2, 0) is 0 Å². The van der Waals surface area contributed by atoms with E-state index in [-0.39, 0.29) is 0 Å². The van der Waals surface area contributed by atoms with Crippen molar-refractivity contribution in [2.45, 2.75) is 19.8 Å². The lowest BCUT2D eigenvalue weighted by molar-refractivity contribution is 0.287. The lowest BCUT2D eigenvalue weighted by Crippen LogP contribution is -1.89. The number of rotatable bonds is 2. The minimum atomic E-state index is 0.344. The molecule has 0 atom stereocenters. The maximum Gasteiger partial charge on any atom is 0.0430 e. The van der Waals surface area contributed by atoms with Crippen LogP contribution in [-0.4, -0.2) is 25.8 Å². The minimum absolute atomic E-state index is 0.344. The largest absolute Gasteiger partial charge is 0.396 e. The smallest absolute Gasteiger partial charge is 0.0430 e. The molecule has 2 heteroatoms. The van der Waals surface area contributed by atoms with Crippen molar-refractivity contribution in [3.8, 4) is 0 Å². The van der Waals surface area contributed by atoms with Gasteiger partial charge in [-0.1, -0.05) is 13.3 Å². The summed E-state index contributed by atoms with van der Waals surface area (Å²) in [5, 5.41) is 10.8. The van der Waals surface area contributed by atoms with Gasteiger partial charge < -0.3 is 10.4 Å². The highest BCUT2D eigenvalue weighted by Crippen LogP contribution is 1.78. The van der Waals surface area contributed by atoms with Crippen molar-refractivity contribution in [3.05, 3.63) is 0 Å². The fourth-order valence-corrected chi connectivity index (χ4v) is 0.158. The Morgan fingerprint density at radius 2 is 1.75 bits per heavy atom. The first-order valence-electron chi connectivity index (χ1n) is 3.02. The molecule has 0 spiro atoms. The molecule has 0 aliphatic carbocycles. The molecule has 0 radical (unpaired) electrons. The van der Waals surface area contributed by atoms with E-state index < -0.39 is 0 Å². The molecule has 0 aromatic rings. The zero-order valence-electron chi connectivity index (χ0n) is 6.07. The molecule has 0 saturated carbocycles. The summed E-state index contributed by atoms with van der Waals surface area (Å²) < 4.78 is 0. The first-order chi connectivity index (χ1) is 3.83. The van der Waals surface area contributed by atoms with Gasteiger partial charge in [0.05, 0.1) is 0 Å². The summed E-state index contributed by atoms with van der Waals surface area (Å²) in [5.41, 5.74) is 0. The molecular formula is C6H17NO. The lowest BCUT2D eigenvalue weighted by Gasteiger charge is -1.79. The number of hydrogen-bond acceptors (Lipinski definition) is 2. The third-order valence-corrected chi connectivity index (χ3v) is 0.512. The van der Waals surface area contributed by atoms with Crippen molar-refractivity contribution in [1.82, 2.24) is 5.32 Å². The summed E-state index contributed by atoms with van der Waals surface area (Å²) in [6.45, 7) is 2.40. The Kier molecular flexibility index (Phi) is 21.3. The van der Waals surface area contributed by atoms with Crippen molar-refractivity contribution < 1.29 is 5.11 Å². The maximum atomic E-state index is 8.07. The summed E-state index contributed by atoms with van der Waals surface area (Å²) in [6.07, 6.45) is 2.04. The molecule has 0 amide bonds. The van der Waals surface area contributed by atoms with Gasteiger partial charge in [-0.3, -0.25) is 0 Å². The standard InChI is InChI=1S/C4H10O.C2H7N/c1-2-3-4-5;1-3-2/h5H,2-4H2,1H3;3H,1-2H3. The van der Waals surface area contributed by atoms with Gasteiger partial charge in [0, 0.05) is 6.61 Å². The van der Waals surface area contributed by atoms with Gasteiger partial charge in [0.1, 0.15) is 0 Å². The molecule has 0 unspecified atom stereocenters. The number of aliphatic hydroxyl groups is 1. The van der Waals surface area contributed by atoms with E-state index in [1.54, 1.807) is 0 Å². The Morgan fingerprint density at radius 1 is 1.38 bits per heavy atom. The van der Waals surface area contributed by atoms with Crippen LogP contribution >= 0.6 is 0 Å². The summed E-state index contributed by atoms with van der Waals surface area (Å²) in [7, 11) is 3.75. The van der Waals surface area contributed by atoms with Crippen LogP contribution in [0.2, 0.25) is 0 Å². The average Bonchev–Trinajstić information content (AvgIpc) is 1.71. The molecule has 2 N–H and O–H groups in total. The maximum absolute atomic E-state index is 8.07. The van der Waals surface area contributed by atoms with Gasteiger partial charge in [0.25, 0.3) is 0 Å². The number of hydrogen-bond donors (Lipinski definition) is 2. The Balaban J connectivity index is 0. The predicted octanol–water partition coefficient (Wildman–Crippen LogP) is 0.614. The summed E-state index contributed by atoms with van der Waals surface area (Å²) in [4.78, 5) is 0. The van der Waals surface area contributed by atoms with Crippen LogP contribution in [0.1, 0.15) is 19.8 Å². The van der Waals surface area contributed by atoms with E-state index in [2.05, 4.69) is 12.2 Å². The molecule has 0 fully saturated rings. The van der Waals surface area contributed by atoms with E-state index in [1.807, 2.05) is 14.1 Å². The van der Waals surface area contributed by atoms with Crippen LogP contribution in [0.25, 0.3) is 0 Å². The first kappa shape index (κ1) is 10.8. The van der Waals surface area contributed by atoms with Crippen molar-refractivity contribution in [2.24, 2.45) is 0 Å². The third-order valence-electron chi connectivity index (χ3n) is 0.512. The van der Waals surface area contributed by atoms with E-state index in [0.717, 1.165) is 12.8 Å². The van der Waals surface area contributed by atoms with Gasteiger partial charge in [-0.2, -0.15) is 0 Å². The summed E-state index contributed by atoms with van der Waals surface area (Å²) in [5.74, 6) is 0. The predicted molar refractivity (Wildman–Crippen MR) is 37.0 cm³/mol. The Labute approximate surface area is 51.9 Å². The van der Waals surface area contributed by atoms with Gasteiger partial charge in [0.15, 0.2) is 0 Å². The monoisotopic (exact) mass is 119 g/mol. The van der Waals surface area contributed by atoms with Gasteiger partial charge in [0.2, 0.25) is 0 Å². The van der Waals surface area contributed by atoms with E-state index in [1.165, 1.54) is 0 Å². The van der Waals surface area contributed by atoms with Gasteiger partial charge in [-0.05, 0) is 20.5 Å². The Bertz CT molecular complexity index is 22.5. The van der Waals surface area contributed by atoms with Crippen LogP contribution in [0, 0.1) is 0 Å². The van der Waals surface area contributed by atoms with Gasteiger partial charge in [-0.25, -0.2) is 0 Å². The Hall–Kier alpha value is -0.0800. The van der Waals surface area contributed by atoms with E-state index in [4.69, 9.17) is 5.11 Å².